The summed E-state index contributed by atoms with van der Waals surface area (Å²) >= 11 is 0. The summed E-state index contributed by atoms with van der Waals surface area (Å²) in [5.41, 5.74) is 3.30. The maximum absolute atomic E-state index is 10.3. The standard InChI is InChI=1S/C18H36O2.C7H18N2/c1-2-3-4-5-6-7-8-9-10-11-12-13-14-15-16-17-18(19)20;1-4-7-8-9(5-2)6-3/h2-17H2,1H3,(H,19,20);8H,4-7H2,1-3H3. The lowest BCUT2D eigenvalue weighted by atomic mass is 10.0. The zero-order valence-corrected chi connectivity index (χ0v) is 20.4. The fourth-order valence-electron chi connectivity index (χ4n) is 3.36. The summed E-state index contributed by atoms with van der Waals surface area (Å²) in [5.74, 6) is -0.653. The van der Waals surface area contributed by atoms with Crippen molar-refractivity contribution in [1.29, 1.82) is 0 Å². The van der Waals surface area contributed by atoms with Crippen LogP contribution < -0.4 is 5.43 Å². The third kappa shape index (κ3) is 29.7. The molecule has 0 amide bonds. The molecule has 0 spiro atoms. The molecule has 0 saturated heterocycles. The average molecular weight is 415 g/mol. The van der Waals surface area contributed by atoms with Gasteiger partial charge in [0.2, 0.25) is 0 Å². The van der Waals surface area contributed by atoms with E-state index in [1.165, 1.54) is 89.9 Å². The minimum Gasteiger partial charge on any atom is -0.481 e. The molecule has 0 aliphatic rings. The van der Waals surface area contributed by atoms with Gasteiger partial charge in [0.05, 0.1) is 0 Å². The zero-order valence-electron chi connectivity index (χ0n) is 20.4. The van der Waals surface area contributed by atoms with Crippen LogP contribution in [-0.2, 0) is 4.79 Å². The van der Waals surface area contributed by atoms with E-state index in [1.807, 2.05) is 0 Å². The topological polar surface area (TPSA) is 52.6 Å². The Morgan fingerprint density at radius 2 is 1.00 bits per heavy atom. The van der Waals surface area contributed by atoms with Crippen LogP contribution in [0.15, 0.2) is 0 Å². The van der Waals surface area contributed by atoms with Gasteiger partial charge in [0.1, 0.15) is 0 Å². The Bertz CT molecular complexity index is 307. The Morgan fingerprint density at radius 1 is 0.621 bits per heavy atom. The number of hydrazine groups is 1. The van der Waals surface area contributed by atoms with E-state index < -0.39 is 5.97 Å². The molecule has 0 aliphatic carbocycles. The van der Waals surface area contributed by atoms with Crippen molar-refractivity contribution in [3.63, 3.8) is 0 Å². The molecule has 0 aromatic carbocycles. The van der Waals surface area contributed by atoms with Gasteiger partial charge < -0.3 is 5.11 Å². The maximum atomic E-state index is 10.3. The fourth-order valence-corrected chi connectivity index (χ4v) is 3.36. The maximum Gasteiger partial charge on any atom is 0.303 e. The highest BCUT2D eigenvalue weighted by atomic mass is 16.4. The lowest BCUT2D eigenvalue weighted by molar-refractivity contribution is -0.137. The molecule has 0 atom stereocenters. The van der Waals surface area contributed by atoms with Gasteiger partial charge in [-0.3, -0.25) is 10.2 Å². The minimum atomic E-state index is -0.653. The van der Waals surface area contributed by atoms with Crippen molar-refractivity contribution in [3.8, 4) is 0 Å². The van der Waals surface area contributed by atoms with E-state index in [-0.39, 0.29) is 0 Å². The second kappa shape index (κ2) is 27.4. The summed E-state index contributed by atoms with van der Waals surface area (Å²) in [5, 5.41) is 10.7. The number of hydrogen-bond donors (Lipinski definition) is 2. The van der Waals surface area contributed by atoms with E-state index in [1.54, 1.807) is 0 Å². The number of carboxylic acid groups (broad SMARTS) is 1. The van der Waals surface area contributed by atoms with Gasteiger partial charge in [0.25, 0.3) is 0 Å². The van der Waals surface area contributed by atoms with Gasteiger partial charge in [0, 0.05) is 26.1 Å². The van der Waals surface area contributed by atoms with Gasteiger partial charge in [-0.25, -0.2) is 5.01 Å². The largest absolute Gasteiger partial charge is 0.481 e. The Kier molecular flexibility index (Phi) is 28.9. The molecular formula is C25H54N2O2. The van der Waals surface area contributed by atoms with E-state index in [0.29, 0.717) is 6.42 Å². The molecule has 0 heterocycles. The van der Waals surface area contributed by atoms with Gasteiger partial charge in [-0.2, -0.15) is 0 Å². The zero-order chi connectivity index (χ0) is 22.0. The van der Waals surface area contributed by atoms with Crippen LogP contribution in [0.1, 0.15) is 137 Å². The van der Waals surface area contributed by atoms with E-state index in [0.717, 1.165) is 32.5 Å². The molecule has 0 aromatic heterocycles. The predicted octanol–water partition coefficient (Wildman–Crippen LogP) is 7.58. The molecule has 0 bridgehead atoms. The Labute approximate surface area is 183 Å². The Balaban J connectivity index is 0. The Hall–Kier alpha value is -0.610. The summed E-state index contributed by atoms with van der Waals surface area (Å²) in [7, 11) is 0. The molecule has 4 nitrogen and oxygen atoms in total. The Morgan fingerprint density at radius 3 is 1.31 bits per heavy atom. The van der Waals surface area contributed by atoms with Gasteiger partial charge in [-0.1, -0.05) is 118 Å². The van der Waals surface area contributed by atoms with Crippen LogP contribution in [0.25, 0.3) is 0 Å². The summed E-state index contributed by atoms with van der Waals surface area (Å²) in [6.45, 7) is 12.1. The molecule has 176 valence electrons. The number of nitrogens with one attached hydrogen (secondary N) is 1. The van der Waals surface area contributed by atoms with Crippen LogP contribution in [0, 0.1) is 0 Å². The van der Waals surface area contributed by atoms with Crippen LogP contribution in [0.2, 0.25) is 0 Å². The molecule has 0 aromatic rings. The SMILES string of the molecule is CCCCCCCCCCCCCCCCCC(=O)O.CCCNN(CC)CC. The van der Waals surface area contributed by atoms with Gasteiger partial charge in [0.15, 0.2) is 0 Å². The summed E-state index contributed by atoms with van der Waals surface area (Å²) in [6, 6.07) is 0. The van der Waals surface area contributed by atoms with E-state index in [4.69, 9.17) is 5.11 Å². The normalized spacial score (nSPS) is 10.8. The monoisotopic (exact) mass is 414 g/mol. The first kappa shape index (κ1) is 30.6. The van der Waals surface area contributed by atoms with E-state index >= 15 is 0 Å². The van der Waals surface area contributed by atoms with E-state index in [9.17, 15) is 4.79 Å². The van der Waals surface area contributed by atoms with Crippen LogP contribution in [-0.4, -0.2) is 35.7 Å². The molecule has 0 radical (unpaired) electrons. The van der Waals surface area contributed by atoms with Crippen molar-refractivity contribution in [2.75, 3.05) is 19.6 Å². The number of hydrogen-bond acceptors (Lipinski definition) is 3. The van der Waals surface area contributed by atoms with Crippen molar-refractivity contribution in [3.05, 3.63) is 0 Å². The van der Waals surface area contributed by atoms with Crippen LogP contribution in [0.3, 0.4) is 0 Å². The molecule has 0 rings (SSSR count). The quantitative estimate of drug-likeness (QED) is 0.150. The van der Waals surface area contributed by atoms with Gasteiger partial charge >= 0.3 is 5.97 Å². The number of carboxylic acids is 1. The van der Waals surface area contributed by atoms with Crippen LogP contribution in [0.5, 0.6) is 0 Å². The van der Waals surface area contributed by atoms with Crippen molar-refractivity contribution >= 4 is 5.97 Å². The third-order valence-corrected chi connectivity index (χ3v) is 5.34. The lowest BCUT2D eigenvalue weighted by Gasteiger charge is -2.18. The number of nitrogens with zero attached hydrogens (tertiary/aromatic N) is 1. The smallest absolute Gasteiger partial charge is 0.303 e. The lowest BCUT2D eigenvalue weighted by Crippen LogP contribution is -2.37. The number of unbranched alkanes of at least 4 members (excludes halogenated alkanes) is 14. The summed E-state index contributed by atoms with van der Waals surface area (Å²) < 4.78 is 0. The second-order valence-corrected chi connectivity index (χ2v) is 8.17. The number of rotatable bonds is 21. The first-order valence-electron chi connectivity index (χ1n) is 12.8. The van der Waals surface area contributed by atoms with E-state index in [2.05, 4.69) is 38.1 Å². The average Bonchev–Trinajstić information content (AvgIpc) is 2.72. The van der Waals surface area contributed by atoms with Crippen molar-refractivity contribution < 1.29 is 9.90 Å². The molecule has 0 saturated carbocycles. The molecular weight excluding hydrogens is 360 g/mol. The van der Waals surface area contributed by atoms with Gasteiger partial charge in [-0.05, 0) is 12.8 Å². The first-order chi connectivity index (χ1) is 14.1. The third-order valence-electron chi connectivity index (χ3n) is 5.34. The predicted molar refractivity (Wildman–Crippen MR) is 128 cm³/mol. The highest BCUT2D eigenvalue weighted by Gasteiger charge is 1.97. The molecule has 0 fully saturated rings. The fraction of sp³-hybridized carbons (Fsp3) is 0.960. The number of aliphatic carboxylic acids is 1. The summed E-state index contributed by atoms with van der Waals surface area (Å²) in [4.78, 5) is 10.3. The van der Waals surface area contributed by atoms with Crippen LogP contribution in [0.4, 0.5) is 0 Å². The number of carbonyl (C=O) groups is 1. The highest BCUT2D eigenvalue weighted by molar-refractivity contribution is 5.66. The van der Waals surface area contributed by atoms with Gasteiger partial charge in [-0.15, -0.1) is 0 Å². The molecule has 0 unspecified atom stereocenters. The first-order valence-corrected chi connectivity index (χ1v) is 12.8. The van der Waals surface area contributed by atoms with Crippen molar-refractivity contribution in [2.24, 2.45) is 0 Å². The second-order valence-electron chi connectivity index (χ2n) is 8.17. The molecule has 29 heavy (non-hydrogen) atoms. The highest BCUT2D eigenvalue weighted by Crippen LogP contribution is 2.13. The van der Waals surface area contributed by atoms with Crippen LogP contribution >= 0.6 is 0 Å². The summed E-state index contributed by atoms with van der Waals surface area (Å²) in [6.07, 6.45) is 21.4. The van der Waals surface area contributed by atoms with Crippen molar-refractivity contribution in [1.82, 2.24) is 10.4 Å². The molecule has 0 aliphatic heterocycles. The van der Waals surface area contributed by atoms with Crippen molar-refractivity contribution in [2.45, 2.75) is 137 Å². The molecule has 2 N–H and O–H groups in total. The minimum absolute atomic E-state index is 0.345. The molecule has 4 heteroatoms.